The first kappa shape index (κ1) is 19.5. The van der Waals surface area contributed by atoms with E-state index in [9.17, 15) is 8.42 Å². The molecule has 1 aromatic rings. The molecule has 1 aliphatic rings. The Balaban J connectivity index is 1.65. The second kappa shape index (κ2) is 9.62. The van der Waals surface area contributed by atoms with Crippen molar-refractivity contribution in [2.75, 3.05) is 56.8 Å². The maximum Gasteiger partial charge on any atom is 0.191 e. The summed E-state index contributed by atoms with van der Waals surface area (Å²) in [6.07, 6.45) is 2.27. The quantitative estimate of drug-likeness (QED) is 0.395. The van der Waals surface area contributed by atoms with Crippen molar-refractivity contribution in [3.63, 3.8) is 0 Å². The highest BCUT2D eigenvalue weighted by molar-refractivity contribution is 7.90. The summed E-state index contributed by atoms with van der Waals surface area (Å²) in [5, 5.41) is 6.62. The molecule has 1 aliphatic heterocycles. The van der Waals surface area contributed by atoms with Crippen molar-refractivity contribution in [3.05, 3.63) is 30.3 Å². The molecule has 1 heterocycles. The number of ether oxygens (including phenoxy) is 1. The van der Waals surface area contributed by atoms with Gasteiger partial charge in [-0.25, -0.2) is 8.42 Å². The molecule has 1 atom stereocenters. The van der Waals surface area contributed by atoms with Crippen molar-refractivity contribution in [1.82, 2.24) is 10.6 Å². The lowest BCUT2D eigenvalue weighted by Gasteiger charge is -2.20. The van der Waals surface area contributed by atoms with Crippen LogP contribution in [0.5, 0.6) is 0 Å². The molecule has 1 unspecified atom stereocenters. The Hall–Kier alpha value is -1.80. The van der Waals surface area contributed by atoms with Crippen LogP contribution >= 0.6 is 0 Å². The Morgan fingerprint density at radius 3 is 2.76 bits per heavy atom. The van der Waals surface area contributed by atoms with E-state index in [4.69, 9.17) is 4.74 Å². The molecule has 0 aliphatic carbocycles. The van der Waals surface area contributed by atoms with Gasteiger partial charge >= 0.3 is 0 Å². The SMILES string of the molecule is CN=C(NCCOCCS(C)(=O)=O)NC1CCN(c2ccccc2)C1. The molecule has 2 rings (SSSR count). The molecule has 0 amide bonds. The smallest absolute Gasteiger partial charge is 0.191 e. The zero-order valence-electron chi connectivity index (χ0n) is 14.9. The lowest BCUT2D eigenvalue weighted by Crippen LogP contribution is -2.45. The number of anilines is 1. The first-order valence-electron chi connectivity index (χ1n) is 8.50. The highest BCUT2D eigenvalue weighted by atomic mass is 32.2. The number of nitrogens with zero attached hydrogens (tertiary/aromatic N) is 2. The fourth-order valence-corrected chi connectivity index (χ4v) is 3.11. The maximum atomic E-state index is 11.0. The molecule has 8 heteroatoms. The van der Waals surface area contributed by atoms with E-state index in [0.717, 1.165) is 25.5 Å². The predicted molar refractivity (Wildman–Crippen MR) is 102 cm³/mol. The first-order valence-corrected chi connectivity index (χ1v) is 10.6. The maximum absolute atomic E-state index is 11.0. The highest BCUT2D eigenvalue weighted by Gasteiger charge is 2.23. The molecular weight excluding hydrogens is 340 g/mol. The Morgan fingerprint density at radius 2 is 2.08 bits per heavy atom. The van der Waals surface area contributed by atoms with Gasteiger partial charge in [0.05, 0.1) is 19.0 Å². The van der Waals surface area contributed by atoms with Gasteiger partial charge in [-0.3, -0.25) is 4.99 Å². The summed E-state index contributed by atoms with van der Waals surface area (Å²) in [5.74, 6) is 0.795. The molecule has 25 heavy (non-hydrogen) atoms. The topological polar surface area (TPSA) is 83.0 Å². The van der Waals surface area contributed by atoms with Crippen molar-refractivity contribution in [2.45, 2.75) is 12.5 Å². The van der Waals surface area contributed by atoms with Crippen LogP contribution in [-0.2, 0) is 14.6 Å². The first-order chi connectivity index (χ1) is 12.0. The molecular formula is C17H28N4O3S. The summed E-state index contributed by atoms with van der Waals surface area (Å²) in [4.78, 5) is 6.59. The number of aliphatic imine (C=N–C) groups is 1. The fourth-order valence-electron chi connectivity index (χ4n) is 2.69. The molecule has 1 aromatic carbocycles. The second-order valence-electron chi connectivity index (χ2n) is 6.15. The zero-order valence-corrected chi connectivity index (χ0v) is 15.8. The normalized spacial score (nSPS) is 18.4. The van der Waals surface area contributed by atoms with Crippen molar-refractivity contribution < 1.29 is 13.2 Å². The summed E-state index contributed by atoms with van der Waals surface area (Å²) < 4.78 is 27.3. The van der Waals surface area contributed by atoms with Crippen LogP contribution in [0.1, 0.15) is 6.42 Å². The number of hydrogen-bond donors (Lipinski definition) is 2. The number of rotatable bonds is 8. The third kappa shape index (κ3) is 7.31. The monoisotopic (exact) mass is 368 g/mol. The Bertz CT molecular complexity index is 649. The molecule has 2 N–H and O–H groups in total. The third-order valence-corrected chi connectivity index (χ3v) is 4.92. The molecule has 7 nitrogen and oxygen atoms in total. The van der Waals surface area contributed by atoms with Gasteiger partial charge in [0, 0.05) is 44.7 Å². The standard InChI is InChI=1S/C17H28N4O3S/c1-18-17(19-9-11-24-12-13-25(2,22)23)20-15-8-10-21(14-15)16-6-4-3-5-7-16/h3-7,15H,8-14H2,1-2H3,(H2,18,19,20). The van der Waals surface area contributed by atoms with Gasteiger partial charge in [-0.05, 0) is 18.6 Å². The lowest BCUT2D eigenvalue weighted by atomic mass is 10.3. The van der Waals surface area contributed by atoms with Gasteiger partial charge in [0.2, 0.25) is 0 Å². The summed E-state index contributed by atoms with van der Waals surface area (Å²) in [5.41, 5.74) is 1.24. The van der Waals surface area contributed by atoms with Gasteiger partial charge in [-0.2, -0.15) is 0 Å². The number of hydrogen-bond acceptors (Lipinski definition) is 5. The van der Waals surface area contributed by atoms with Gasteiger partial charge in [0.15, 0.2) is 5.96 Å². The Labute approximate surface area is 150 Å². The van der Waals surface area contributed by atoms with Crippen LogP contribution in [0, 0.1) is 0 Å². The number of guanidine groups is 1. The number of para-hydroxylation sites is 1. The molecule has 1 saturated heterocycles. The van der Waals surface area contributed by atoms with Crippen LogP contribution in [-0.4, -0.2) is 72.3 Å². The zero-order chi connectivity index (χ0) is 18.1. The van der Waals surface area contributed by atoms with Crippen LogP contribution in [0.3, 0.4) is 0 Å². The van der Waals surface area contributed by atoms with Crippen molar-refractivity contribution in [2.24, 2.45) is 4.99 Å². The summed E-state index contributed by atoms with van der Waals surface area (Å²) in [6, 6.07) is 10.7. The van der Waals surface area contributed by atoms with Gasteiger partial charge in [0.25, 0.3) is 0 Å². The van der Waals surface area contributed by atoms with Crippen LogP contribution in [0.2, 0.25) is 0 Å². The second-order valence-corrected chi connectivity index (χ2v) is 8.41. The minimum absolute atomic E-state index is 0.0529. The van der Waals surface area contributed by atoms with E-state index in [1.54, 1.807) is 7.05 Å². The average Bonchev–Trinajstić information content (AvgIpc) is 3.05. The van der Waals surface area contributed by atoms with Crippen molar-refractivity contribution >= 4 is 21.5 Å². The van der Waals surface area contributed by atoms with E-state index in [-0.39, 0.29) is 12.4 Å². The number of nitrogens with one attached hydrogen (secondary N) is 2. The number of sulfone groups is 1. The predicted octanol–water partition coefficient (Wildman–Crippen LogP) is 0.492. The molecule has 0 aromatic heterocycles. The summed E-state index contributed by atoms with van der Waals surface area (Å²) >= 11 is 0. The van der Waals surface area contributed by atoms with Crippen LogP contribution in [0.15, 0.2) is 35.3 Å². The summed E-state index contributed by atoms with van der Waals surface area (Å²) in [7, 11) is -1.22. The third-order valence-electron chi connectivity index (χ3n) is 4.01. The lowest BCUT2D eigenvalue weighted by molar-refractivity contribution is 0.154. The molecule has 0 bridgehead atoms. The highest BCUT2D eigenvalue weighted by Crippen LogP contribution is 2.19. The van der Waals surface area contributed by atoms with E-state index < -0.39 is 9.84 Å². The van der Waals surface area contributed by atoms with E-state index in [2.05, 4.69) is 44.8 Å². The van der Waals surface area contributed by atoms with E-state index in [1.165, 1.54) is 11.9 Å². The summed E-state index contributed by atoms with van der Waals surface area (Å²) in [6.45, 7) is 3.21. The Kier molecular flexibility index (Phi) is 7.52. The van der Waals surface area contributed by atoms with Gasteiger partial charge in [0.1, 0.15) is 9.84 Å². The van der Waals surface area contributed by atoms with Gasteiger partial charge in [-0.1, -0.05) is 18.2 Å². The van der Waals surface area contributed by atoms with Crippen molar-refractivity contribution in [1.29, 1.82) is 0 Å². The molecule has 0 spiro atoms. The molecule has 1 fully saturated rings. The fraction of sp³-hybridized carbons (Fsp3) is 0.588. The van der Waals surface area contributed by atoms with Gasteiger partial charge < -0.3 is 20.3 Å². The van der Waals surface area contributed by atoms with E-state index >= 15 is 0 Å². The minimum atomic E-state index is -2.96. The van der Waals surface area contributed by atoms with Crippen molar-refractivity contribution in [3.8, 4) is 0 Å². The largest absolute Gasteiger partial charge is 0.379 e. The van der Waals surface area contributed by atoms with E-state index in [1.807, 2.05) is 6.07 Å². The van der Waals surface area contributed by atoms with Crippen LogP contribution in [0.25, 0.3) is 0 Å². The molecule has 0 saturated carbocycles. The molecule has 0 radical (unpaired) electrons. The van der Waals surface area contributed by atoms with Gasteiger partial charge in [-0.15, -0.1) is 0 Å². The number of benzene rings is 1. The van der Waals surface area contributed by atoms with E-state index in [0.29, 0.717) is 19.2 Å². The Morgan fingerprint density at radius 1 is 1.32 bits per heavy atom. The van der Waals surface area contributed by atoms with Crippen LogP contribution < -0.4 is 15.5 Å². The minimum Gasteiger partial charge on any atom is -0.379 e. The molecule has 140 valence electrons. The average molecular weight is 369 g/mol. The van der Waals surface area contributed by atoms with Crippen LogP contribution in [0.4, 0.5) is 5.69 Å².